The molecule has 1 aromatic heterocycles. The summed E-state index contributed by atoms with van der Waals surface area (Å²) in [6.45, 7) is 10.9. The van der Waals surface area contributed by atoms with Crippen molar-refractivity contribution in [1.82, 2.24) is 9.27 Å². The van der Waals surface area contributed by atoms with E-state index in [9.17, 15) is 5.11 Å². The van der Waals surface area contributed by atoms with Gasteiger partial charge in [0.25, 0.3) is 0 Å². The first-order valence-electron chi connectivity index (χ1n) is 11.0. The highest BCUT2D eigenvalue weighted by Crippen LogP contribution is 2.44. The first-order valence-corrected chi connectivity index (χ1v) is 12.1. The molecule has 1 saturated heterocycles. The molecule has 1 aliphatic rings. The Labute approximate surface area is 201 Å². The van der Waals surface area contributed by atoms with Crippen LogP contribution in [0.25, 0.3) is 32.8 Å². The third kappa shape index (κ3) is 3.76. The Morgan fingerprint density at radius 3 is 2.64 bits per heavy atom. The number of aromatic hydroxyl groups is 1. The van der Waals surface area contributed by atoms with Crippen LogP contribution in [0.3, 0.4) is 0 Å². The van der Waals surface area contributed by atoms with Gasteiger partial charge in [-0.3, -0.25) is 4.90 Å². The third-order valence-corrected chi connectivity index (χ3v) is 7.55. The topological polar surface area (TPSA) is 39.6 Å². The van der Waals surface area contributed by atoms with Gasteiger partial charge < -0.3 is 10.0 Å². The number of piperazine rings is 1. The van der Waals surface area contributed by atoms with Crippen LogP contribution in [0.5, 0.6) is 5.75 Å². The van der Waals surface area contributed by atoms with Crippen molar-refractivity contribution in [3.8, 4) is 16.9 Å². The second-order valence-corrected chi connectivity index (χ2v) is 9.92. The van der Waals surface area contributed by atoms with E-state index in [0.717, 1.165) is 40.8 Å². The van der Waals surface area contributed by atoms with Crippen molar-refractivity contribution >= 4 is 49.8 Å². The first-order chi connectivity index (χ1) is 15.9. The van der Waals surface area contributed by atoms with E-state index in [2.05, 4.69) is 34.6 Å². The largest absolute Gasteiger partial charge is 0.508 e. The molecule has 4 aromatic rings. The van der Waals surface area contributed by atoms with Crippen molar-refractivity contribution in [1.29, 1.82) is 0 Å². The van der Waals surface area contributed by atoms with Crippen molar-refractivity contribution < 1.29 is 9.50 Å². The van der Waals surface area contributed by atoms with Crippen molar-refractivity contribution in [3.63, 3.8) is 0 Å². The summed E-state index contributed by atoms with van der Waals surface area (Å²) in [5, 5.41) is 13.9. The Morgan fingerprint density at radius 2 is 1.91 bits per heavy atom. The van der Waals surface area contributed by atoms with Crippen LogP contribution in [0.4, 0.5) is 9.39 Å². The van der Waals surface area contributed by atoms with E-state index in [-0.39, 0.29) is 23.4 Å². The number of anilines is 1. The van der Waals surface area contributed by atoms with Crippen molar-refractivity contribution in [2.24, 2.45) is 0 Å². The number of nitrogens with zero attached hydrogens (tertiary/aromatic N) is 3. The highest BCUT2D eigenvalue weighted by Gasteiger charge is 2.32. The molecule has 0 radical (unpaired) electrons. The zero-order chi connectivity index (χ0) is 23.3. The van der Waals surface area contributed by atoms with Gasteiger partial charge in [0.05, 0.1) is 5.02 Å². The van der Waals surface area contributed by atoms with Gasteiger partial charge in [-0.15, -0.1) is 6.58 Å². The summed E-state index contributed by atoms with van der Waals surface area (Å²) >= 11 is 8.03. The number of phenolic OH excluding ortho intramolecular Hbond substituents is 1. The lowest BCUT2D eigenvalue weighted by Gasteiger charge is -2.45. The third-order valence-electron chi connectivity index (χ3n) is 6.38. The van der Waals surface area contributed by atoms with Crippen LogP contribution in [0.2, 0.25) is 5.02 Å². The standard InChI is InChI=1S/C26H25ClFN3OS/c1-4-9-30-13-15(2)31(16(3)14-30)26-21-12-22(27)23(24(28)25(21)29-33-26)20-11-18(32)10-17-7-5-6-8-19(17)20/h4-8,10-12,15-16,32H,1,9,13-14H2,2-3H3/t15-,16-/m0/s1. The highest BCUT2D eigenvalue weighted by atomic mass is 35.5. The zero-order valence-corrected chi connectivity index (χ0v) is 20.1. The van der Waals surface area contributed by atoms with Gasteiger partial charge in [-0.2, -0.15) is 4.37 Å². The molecule has 2 atom stereocenters. The summed E-state index contributed by atoms with van der Waals surface area (Å²) in [4.78, 5) is 4.71. The fourth-order valence-corrected chi connectivity index (χ4v) is 6.46. The van der Waals surface area contributed by atoms with Crippen LogP contribution in [0.1, 0.15) is 13.8 Å². The molecule has 5 rings (SSSR count). The maximum atomic E-state index is 16.0. The van der Waals surface area contributed by atoms with Crippen molar-refractivity contribution in [2.45, 2.75) is 25.9 Å². The summed E-state index contributed by atoms with van der Waals surface area (Å²) in [6.07, 6.45) is 1.93. The van der Waals surface area contributed by atoms with Crippen LogP contribution in [-0.2, 0) is 0 Å². The van der Waals surface area contributed by atoms with E-state index >= 15 is 4.39 Å². The molecule has 3 aromatic carbocycles. The van der Waals surface area contributed by atoms with E-state index in [4.69, 9.17) is 11.6 Å². The number of aromatic nitrogens is 1. The molecule has 1 N–H and O–H groups in total. The van der Waals surface area contributed by atoms with E-state index < -0.39 is 5.82 Å². The smallest absolute Gasteiger partial charge is 0.159 e. The molecular formula is C26H25ClFN3OS. The number of rotatable bonds is 4. The molecule has 2 heterocycles. The number of fused-ring (bicyclic) bond motifs is 2. The molecule has 0 aliphatic carbocycles. The second-order valence-electron chi connectivity index (χ2n) is 8.76. The molecule has 33 heavy (non-hydrogen) atoms. The summed E-state index contributed by atoms with van der Waals surface area (Å²) in [7, 11) is 0. The number of phenols is 1. The summed E-state index contributed by atoms with van der Waals surface area (Å²) in [6, 6.07) is 13.1. The molecule has 0 saturated carbocycles. The minimum atomic E-state index is -0.457. The number of hydrogen-bond donors (Lipinski definition) is 1. The summed E-state index contributed by atoms with van der Waals surface area (Å²) in [5.41, 5.74) is 1.14. The Bertz CT molecular complexity index is 1360. The highest BCUT2D eigenvalue weighted by molar-refractivity contribution is 7.11. The van der Waals surface area contributed by atoms with Gasteiger partial charge in [0.1, 0.15) is 16.3 Å². The molecule has 0 bridgehead atoms. The number of hydrogen-bond acceptors (Lipinski definition) is 5. The van der Waals surface area contributed by atoms with Gasteiger partial charge in [-0.05, 0) is 59.9 Å². The lowest BCUT2D eigenvalue weighted by molar-refractivity contribution is 0.220. The average molecular weight is 482 g/mol. The fourth-order valence-electron chi connectivity index (χ4n) is 5.10. The fraction of sp³-hybridized carbons (Fsp3) is 0.269. The average Bonchev–Trinajstić information content (AvgIpc) is 3.17. The monoisotopic (exact) mass is 481 g/mol. The molecule has 4 nitrogen and oxygen atoms in total. The van der Waals surface area contributed by atoms with Crippen LogP contribution in [0.15, 0.2) is 55.1 Å². The van der Waals surface area contributed by atoms with Crippen molar-refractivity contribution in [2.75, 3.05) is 24.5 Å². The molecule has 170 valence electrons. The maximum absolute atomic E-state index is 16.0. The number of benzene rings is 3. The molecule has 0 spiro atoms. The van der Waals surface area contributed by atoms with E-state index in [1.807, 2.05) is 36.4 Å². The van der Waals surface area contributed by atoms with Gasteiger partial charge >= 0.3 is 0 Å². The van der Waals surface area contributed by atoms with Gasteiger partial charge in [-0.1, -0.05) is 41.9 Å². The van der Waals surface area contributed by atoms with Crippen LogP contribution < -0.4 is 4.90 Å². The van der Waals surface area contributed by atoms with Gasteiger partial charge in [0.2, 0.25) is 0 Å². The van der Waals surface area contributed by atoms with Crippen LogP contribution in [-0.4, -0.2) is 46.1 Å². The SMILES string of the molecule is C=CCN1C[C@H](C)N(c2snc3c(F)c(-c4cc(O)cc5ccccc45)c(Cl)cc23)[C@@H](C)C1. The quantitative estimate of drug-likeness (QED) is 0.329. The van der Waals surface area contributed by atoms with Gasteiger partial charge in [0.15, 0.2) is 5.82 Å². The Balaban J connectivity index is 1.64. The van der Waals surface area contributed by atoms with Gasteiger partial charge in [0, 0.05) is 42.7 Å². The Kier molecular flexibility index (Phi) is 5.77. The van der Waals surface area contributed by atoms with E-state index in [1.54, 1.807) is 12.1 Å². The predicted octanol–water partition coefficient (Wildman–Crippen LogP) is 6.70. The van der Waals surface area contributed by atoms with E-state index in [1.165, 1.54) is 11.5 Å². The Hall–Kier alpha value is -2.67. The van der Waals surface area contributed by atoms with Crippen LogP contribution in [0, 0.1) is 5.82 Å². The molecule has 1 fully saturated rings. The lowest BCUT2D eigenvalue weighted by atomic mass is 9.96. The van der Waals surface area contributed by atoms with Crippen molar-refractivity contribution in [3.05, 3.63) is 66.0 Å². The predicted molar refractivity (Wildman–Crippen MR) is 137 cm³/mol. The molecule has 0 unspecified atom stereocenters. The molecule has 7 heteroatoms. The van der Waals surface area contributed by atoms with E-state index in [0.29, 0.717) is 16.1 Å². The second kappa shape index (κ2) is 8.60. The summed E-state index contributed by atoms with van der Waals surface area (Å²) in [5.74, 6) is -0.389. The first kappa shape index (κ1) is 22.1. The minimum Gasteiger partial charge on any atom is -0.508 e. The zero-order valence-electron chi connectivity index (χ0n) is 18.6. The minimum absolute atomic E-state index is 0.0678. The Morgan fingerprint density at radius 1 is 1.18 bits per heavy atom. The maximum Gasteiger partial charge on any atom is 0.159 e. The molecular weight excluding hydrogens is 457 g/mol. The molecule has 0 amide bonds. The normalized spacial score (nSPS) is 19.5. The van der Waals surface area contributed by atoms with Crippen LogP contribution >= 0.6 is 23.1 Å². The van der Waals surface area contributed by atoms with Gasteiger partial charge in [-0.25, -0.2) is 4.39 Å². The lowest BCUT2D eigenvalue weighted by Crippen LogP contribution is -2.56. The molecule has 1 aliphatic heterocycles. The summed E-state index contributed by atoms with van der Waals surface area (Å²) < 4.78 is 20.5. The number of halogens is 2.